The number of aromatic amines is 1. The van der Waals surface area contributed by atoms with Crippen LogP contribution < -0.4 is 26.6 Å². The maximum absolute atomic E-state index is 13.2. The molecule has 0 spiro atoms. The van der Waals surface area contributed by atoms with Gasteiger partial charge < -0.3 is 20.1 Å². The van der Waals surface area contributed by atoms with E-state index in [1.54, 1.807) is 25.1 Å². The second-order valence-corrected chi connectivity index (χ2v) is 8.47. The number of benzene rings is 2. The van der Waals surface area contributed by atoms with Crippen LogP contribution in [0.5, 0.6) is 5.75 Å². The zero-order chi connectivity index (χ0) is 26.2. The van der Waals surface area contributed by atoms with E-state index in [-0.39, 0.29) is 36.1 Å². The molecule has 190 valence electrons. The molecule has 0 saturated heterocycles. The molecule has 36 heavy (non-hydrogen) atoms. The third-order valence-electron chi connectivity index (χ3n) is 5.25. The predicted molar refractivity (Wildman–Crippen MR) is 136 cm³/mol. The molecule has 0 radical (unpaired) electrons. The highest BCUT2D eigenvalue weighted by Crippen LogP contribution is 2.21. The van der Waals surface area contributed by atoms with E-state index < -0.39 is 29.7 Å². The van der Waals surface area contributed by atoms with E-state index in [9.17, 15) is 19.2 Å². The first-order valence-corrected chi connectivity index (χ1v) is 11.6. The second kappa shape index (κ2) is 11.9. The predicted octanol–water partition coefficient (Wildman–Crippen LogP) is 2.41. The molecule has 1 heterocycles. The van der Waals surface area contributed by atoms with Crippen molar-refractivity contribution < 1.29 is 19.1 Å². The molecule has 10 heteroatoms. The molecule has 0 aliphatic heterocycles. The normalized spacial score (nSPS) is 10.8. The minimum atomic E-state index is -0.802. The fourth-order valence-electron chi connectivity index (χ4n) is 3.64. The SMILES string of the molecule is CCOc1ccccc1C(=O)OCC(=O)N(CC(C)C)c1c(N)n(Cc2ccccc2)c(=O)[nH]c1=O. The molecule has 1 amide bonds. The molecular weight excluding hydrogens is 464 g/mol. The van der Waals surface area contributed by atoms with Crippen LogP contribution in [0.25, 0.3) is 0 Å². The number of H-pyrrole nitrogens is 1. The minimum absolute atomic E-state index is 0.0587. The fraction of sp³-hybridized carbons (Fsp3) is 0.308. The average molecular weight is 495 g/mol. The number of rotatable bonds is 10. The minimum Gasteiger partial charge on any atom is -0.493 e. The van der Waals surface area contributed by atoms with Gasteiger partial charge >= 0.3 is 11.7 Å². The Morgan fingerprint density at radius 1 is 1.06 bits per heavy atom. The first-order valence-electron chi connectivity index (χ1n) is 11.6. The van der Waals surface area contributed by atoms with Gasteiger partial charge in [-0.25, -0.2) is 9.59 Å². The number of esters is 1. The van der Waals surface area contributed by atoms with Crippen molar-refractivity contribution >= 4 is 23.4 Å². The van der Waals surface area contributed by atoms with Gasteiger partial charge in [-0.3, -0.25) is 19.1 Å². The first-order chi connectivity index (χ1) is 17.2. The summed E-state index contributed by atoms with van der Waals surface area (Å²) in [5.74, 6) is -1.28. The van der Waals surface area contributed by atoms with Crippen molar-refractivity contribution in [3.8, 4) is 5.75 Å². The Kier molecular flexibility index (Phi) is 8.66. The lowest BCUT2D eigenvalue weighted by Gasteiger charge is -2.26. The van der Waals surface area contributed by atoms with Crippen molar-refractivity contribution in [1.82, 2.24) is 9.55 Å². The number of para-hydroxylation sites is 1. The highest BCUT2D eigenvalue weighted by Gasteiger charge is 2.26. The standard InChI is InChI=1S/C26H30N4O6/c1-4-35-20-13-9-8-12-19(20)25(33)36-16-21(31)29(14-17(2)3)22-23(27)30(26(34)28-24(22)32)15-18-10-6-5-7-11-18/h5-13,17H,4,14-16,27H2,1-3H3,(H,28,32,34). The summed E-state index contributed by atoms with van der Waals surface area (Å²) in [4.78, 5) is 54.6. The average Bonchev–Trinajstić information content (AvgIpc) is 2.85. The van der Waals surface area contributed by atoms with Gasteiger partial charge in [0.1, 0.15) is 17.1 Å². The van der Waals surface area contributed by atoms with Crippen molar-refractivity contribution in [3.05, 3.63) is 86.6 Å². The highest BCUT2D eigenvalue weighted by atomic mass is 16.5. The van der Waals surface area contributed by atoms with E-state index in [0.717, 1.165) is 10.5 Å². The summed E-state index contributed by atoms with van der Waals surface area (Å²) in [7, 11) is 0. The molecule has 10 nitrogen and oxygen atoms in total. The number of ether oxygens (including phenoxy) is 2. The van der Waals surface area contributed by atoms with Gasteiger partial charge in [0.15, 0.2) is 12.3 Å². The first kappa shape index (κ1) is 26.3. The maximum Gasteiger partial charge on any atom is 0.342 e. The van der Waals surface area contributed by atoms with Crippen LogP contribution in [0.3, 0.4) is 0 Å². The van der Waals surface area contributed by atoms with Gasteiger partial charge in [-0.1, -0.05) is 56.3 Å². The molecule has 0 aliphatic carbocycles. The Bertz CT molecular complexity index is 1330. The van der Waals surface area contributed by atoms with Crippen LogP contribution in [0.4, 0.5) is 11.5 Å². The summed E-state index contributed by atoms with van der Waals surface area (Å²) in [6, 6.07) is 15.6. The van der Waals surface area contributed by atoms with E-state index in [1.165, 1.54) is 10.6 Å². The van der Waals surface area contributed by atoms with Gasteiger partial charge in [0.25, 0.3) is 11.5 Å². The van der Waals surface area contributed by atoms with Crippen molar-refractivity contribution in [2.75, 3.05) is 30.4 Å². The van der Waals surface area contributed by atoms with E-state index >= 15 is 0 Å². The topological polar surface area (TPSA) is 137 Å². The Morgan fingerprint density at radius 3 is 2.39 bits per heavy atom. The number of hydrogen-bond acceptors (Lipinski definition) is 7. The van der Waals surface area contributed by atoms with Gasteiger partial charge in [-0.05, 0) is 30.5 Å². The van der Waals surface area contributed by atoms with E-state index in [2.05, 4.69) is 4.98 Å². The molecule has 2 aromatic carbocycles. The highest BCUT2D eigenvalue weighted by molar-refractivity contribution is 5.99. The summed E-state index contributed by atoms with van der Waals surface area (Å²) in [5.41, 5.74) is 5.57. The molecule has 3 rings (SSSR count). The molecule has 0 unspecified atom stereocenters. The van der Waals surface area contributed by atoms with Crippen LogP contribution in [-0.4, -0.2) is 41.2 Å². The summed E-state index contributed by atoms with van der Waals surface area (Å²) in [6.45, 7) is 5.43. The largest absolute Gasteiger partial charge is 0.493 e. The molecule has 0 fully saturated rings. The molecule has 1 aromatic heterocycles. The van der Waals surface area contributed by atoms with Crippen molar-refractivity contribution in [2.45, 2.75) is 27.3 Å². The number of nitrogens with one attached hydrogen (secondary N) is 1. The second-order valence-electron chi connectivity index (χ2n) is 8.47. The Labute approximate surface area is 208 Å². The lowest BCUT2D eigenvalue weighted by molar-refractivity contribution is -0.121. The zero-order valence-electron chi connectivity index (χ0n) is 20.5. The van der Waals surface area contributed by atoms with Crippen LogP contribution in [0.1, 0.15) is 36.7 Å². The monoisotopic (exact) mass is 494 g/mol. The number of amides is 1. The summed E-state index contributed by atoms with van der Waals surface area (Å²) >= 11 is 0. The Morgan fingerprint density at radius 2 is 1.72 bits per heavy atom. The van der Waals surface area contributed by atoms with Gasteiger partial charge in [-0.2, -0.15) is 0 Å². The quantitative estimate of drug-likeness (QED) is 0.413. The van der Waals surface area contributed by atoms with Crippen LogP contribution in [0.15, 0.2) is 64.2 Å². The number of carbonyl (C=O) groups is 2. The summed E-state index contributed by atoms with van der Waals surface area (Å²) in [5, 5.41) is 0. The lowest BCUT2D eigenvalue weighted by Crippen LogP contribution is -2.44. The molecule has 0 atom stereocenters. The Hall–Kier alpha value is -4.34. The van der Waals surface area contributed by atoms with Gasteiger partial charge in [0, 0.05) is 6.54 Å². The molecule has 0 aliphatic rings. The van der Waals surface area contributed by atoms with Crippen LogP contribution in [0.2, 0.25) is 0 Å². The number of hydrogen-bond donors (Lipinski definition) is 2. The molecule has 0 saturated carbocycles. The van der Waals surface area contributed by atoms with Crippen molar-refractivity contribution in [1.29, 1.82) is 0 Å². The van der Waals surface area contributed by atoms with Crippen LogP contribution in [-0.2, 0) is 16.1 Å². The maximum atomic E-state index is 13.2. The summed E-state index contributed by atoms with van der Waals surface area (Å²) in [6.07, 6.45) is 0. The van der Waals surface area contributed by atoms with Crippen molar-refractivity contribution in [2.24, 2.45) is 5.92 Å². The van der Waals surface area contributed by atoms with E-state index in [1.807, 2.05) is 44.2 Å². The van der Waals surface area contributed by atoms with Gasteiger partial charge in [0.05, 0.1) is 13.2 Å². The Balaban J connectivity index is 1.90. The van der Waals surface area contributed by atoms with Crippen LogP contribution >= 0.6 is 0 Å². The smallest absolute Gasteiger partial charge is 0.342 e. The number of carbonyl (C=O) groups excluding carboxylic acids is 2. The van der Waals surface area contributed by atoms with Crippen LogP contribution in [0, 0.1) is 5.92 Å². The third kappa shape index (κ3) is 6.21. The van der Waals surface area contributed by atoms with Gasteiger partial charge in [0.2, 0.25) is 0 Å². The number of anilines is 2. The number of nitrogen functional groups attached to an aromatic ring is 1. The van der Waals surface area contributed by atoms with E-state index in [0.29, 0.717) is 12.4 Å². The molecule has 3 aromatic rings. The van der Waals surface area contributed by atoms with Gasteiger partial charge in [-0.15, -0.1) is 0 Å². The lowest BCUT2D eigenvalue weighted by atomic mass is 10.2. The molecule has 3 N–H and O–H groups in total. The van der Waals surface area contributed by atoms with Crippen molar-refractivity contribution in [3.63, 3.8) is 0 Å². The molecular formula is C26H30N4O6. The molecule has 0 bridgehead atoms. The number of aromatic nitrogens is 2. The third-order valence-corrected chi connectivity index (χ3v) is 5.25. The fourth-order valence-corrected chi connectivity index (χ4v) is 3.64. The number of nitrogens with zero attached hydrogens (tertiary/aromatic N) is 2. The summed E-state index contributed by atoms with van der Waals surface area (Å²) < 4.78 is 11.9. The zero-order valence-corrected chi connectivity index (χ0v) is 20.5. The number of nitrogens with two attached hydrogens (primary N) is 1. The van der Waals surface area contributed by atoms with E-state index in [4.69, 9.17) is 15.2 Å².